The lowest BCUT2D eigenvalue weighted by molar-refractivity contribution is -0.137. The van der Waals surface area contributed by atoms with Crippen molar-refractivity contribution in [2.24, 2.45) is 5.92 Å². The minimum Gasteiger partial charge on any atom is -0.350 e. The third-order valence-electron chi connectivity index (χ3n) is 3.01. The van der Waals surface area contributed by atoms with Crippen LogP contribution in [-0.2, 0) is 6.18 Å². The summed E-state index contributed by atoms with van der Waals surface area (Å²) in [6.45, 7) is 6.02. The molecule has 0 aliphatic rings. The van der Waals surface area contributed by atoms with Crippen molar-refractivity contribution in [1.82, 2.24) is 5.32 Å². The largest absolute Gasteiger partial charge is 0.416 e. The molecule has 0 saturated heterocycles. The van der Waals surface area contributed by atoms with Gasteiger partial charge in [-0.15, -0.1) is 0 Å². The molecular weight excluding hydrogens is 267 g/mol. The molecule has 0 fully saturated rings. The summed E-state index contributed by atoms with van der Waals surface area (Å²) in [6.07, 6.45) is -2.66. The van der Waals surface area contributed by atoms with Crippen molar-refractivity contribution < 1.29 is 18.0 Å². The lowest BCUT2D eigenvalue weighted by Crippen LogP contribution is -2.32. The molecular formula is C15H20F3NO. The zero-order chi connectivity index (χ0) is 15.3. The van der Waals surface area contributed by atoms with Gasteiger partial charge >= 0.3 is 6.18 Å². The van der Waals surface area contributed by atoms with Crippen molar-refractivity contribution in [1.29, 1.82) is 0 Å². The van der Waals surface area contributed by atoms with Gasteiger partial charge in [-0.1, -0.05) is 19.9 Å². The predicted octanol–water partition coefficient (Wildman–Crippen LogP) is 4.26. The van der Waals surface area contributed by atoms with Crippen LogP contribution in [0.5, 0.6) is 0 Å². The molecule has 0 saturated carbocycles. The average molecular weight is 287 g/mol. The quantitative estimate of drug-likeness (QED) is 0.861. The van der Waals surface area contributed by atoms with E-state index < -0.39 is 17.6 Å². The molecule has 0 aromatic heterocycles. The fourth-order valence-electron chi connectivity index (χ4n) is 1.80. The topological polar surface area (TPSA) is 29.1 Å². The number of nitrogens with one attached hydrogen (secondary N) is 1. The molecule has 0 spiro atoms. The molecule has 1 aromatic carbocycles. The smallest absolute Gasteiger partial charge is 0.350 e. The third kappa shape index (κ3) is 5.23. The lowest BCUT2D eigenvalue weighted by Gasteiger charge is -2.15. The zero-order valence-corrected chi connectivity index (χ0v) is 11.9. The van der Waals surface area contributed by atoms with Gasteiger partial charge in [-0.25, -0.2) is 0 Å². The highest BCUT2D eigenvalue weighted by molar-refractivity contribution is 5.94. The highest BCUT2D eigenvalue weighted by atomic mass is 19.4. The highest BCUT2D eigenvalue weighted by Gasteiger charge is 2.30. The molecule has 1 unspecified atom stereocenters. The molecule has 1 amide bonds. The molecule has 1 rings (SSSR count). The van der Waals surface area contributed by atoms with Crippen LogP contribution in [0.15, 0.2) is 24.3 Å². The van der Waals surface area contributed by atoms with Crippen LogP contribution in [0.25, 0.3) is 0 Å². The van der Waals surface area contributed by atoms with Crippen molar-refractivity contribution in [2.45, 2.75) is 45.8 Å². The summed E-state index contributed by atoms with van der Waals surface area (Å²) in [5.41, 5.74) is -0.767. The Balaban J connectivity index is 2.68. The first-order chi connectivity index (χ1) is 9.20. The van der Waals surface area contributed by atoms with E-state index >= 15 is 0 Å². The zero-order valence-electron chi connectivity index (χ0n) is 11.9. The van der Waals surface area contributed by atoms with Gasteiger partial charge in [-0.3, -0.25) is 4.79 Å². The van der Waals surface area contributed by atoms with Crippen LogP contribution in [0, 0.1) is 5.92 Å². The van der Waals surface area contributed by atoms with E-state index in [1.165, 1.54) is 12.1 Å². The highest BCUT2D eigenvalue weighted by Crippen LogP contribution is 2.29. The van der Waals surface area contributed by atoms with Crippen molar-refractivity contribution in [3.63, 3.8) is 0 Å². The predicted molar refractivity (Wildman–Crippen MR) is 72.4 cm³/mol. The molecule has 0 bridgehead atoms. The van der Waals surface area contributed by atoms with Gasteiger partial charge in [0.1, 0.15) is 0 Å². The molecule has 2 nitrogen and oxygen atoms in total. The molecule has 1 atom stereocenters. The van der Waals surface area contributed by atoms with Crippen molar-refractivity contribution >= 4 is 5.91 Å². The van der Waals surface area contributed by atoms with E-state index in [-0.39, 0.29) is 11.6 Å². The van der Waals surface area contributed by atoms with Crippen LogP contribution in [0.4, 0.5) is 13.2 Å². The Morgan fingerprint density at radius 3 is 2.40 bits per heavy atom. The fourth-order valence-corrected chi connectivity index (χ4v) is 1.80. The van der Waals surface area contributed by atoms with E-state index in [9.17, 15) is 18.0 Å². The molecule has 112 valence electrons. The minimum atomic E-state index is -4.43. The number of carbonyl (C=O) groups is 1. The Hall–Kier alpha value is -1.52. The second-order valence-electron chi connectivity index (χ2n) is 5.42. The number of halogens is 3. The van der Waals surface area contributed by atoms with Crippen molar-refractivity contribution in [3.8, 4) is 0 Å². The summed E-state index contributed by atoms with van der Waals surface area (Å²) in [5, 5.41) is 2.72. The Labute approximate surface area is 117 Å². The summed E-state index contributed by atoms with van der Waals surface area (Å²) in [5.74, 6) is 0.0651. The van der Waals surface area contributed by atoms with Crippen LogP contribution < -0.4 is 5.32 Å². The number of hydrogen-bond acceptors (Lipinski definition) is 1. The maximum Gasteiger partial charge on any atom is 0.416 e. The first-order valence-electron chi connectivity index (χ1n) is 6.68. The maximum atomic E-state index is 12.6. The number of hydrogen-bond donors (Lipinski definition) is 1. The van der Waals surface area contributed by atoms with Crippen molar-refractivity contribution in [3.05, 3.63) is 35.4 Å². The number of rotatable bonds is 5. The van der Waals surface area contributed by atoms with Crippen LogP contribution in [0.1, 0.15) is 49.5 Å². The van der Waals surface area contributed by atoms with E-state index in [4.69, 9.17) is 0 Å². The first kappa shape index (κ1) is 16.5. The Kier molecular flexibility index (Phi) is 5.60. The number of benzene rings is 1. The van der Waals surface area contributed by atoms with Crippen LogP contribution in [0.3, 0.4) is 0 Å². The van der Waals surface area contributed by atoms with E-state index in [0.29, 0.717) is 5.92 Å². The normalized spacial score (nSPS) is 13.3. The number of carbonyl (C=O) groups excluding carboxylic acids is 1. The van der Waals surface area contributed by atoms with Gasteiger partial charge in [0.2, 0.25) is 0 Å². The molecule has 20 heavy (non-hydrogen) atoms. The molecule has 0 aliphatic heterocycles. The summed E-state index contributed by atoms with van der Waals surface area (Å²) >= 11 is 0. The Morgan fingerprint density at radius 1 is 1.20 bits per heavy atom. The van der Waals surface area contributed by atoms with Crippen LogP contribution in [0.2, 0.25) is 0 Å². The standard InChI is InChI=1S/C15H20F3NO/c1-10(2)7-8-11(3)19-14(20)12-5-4-6-13(9-12)15(16,17)18/h4-6,9-11H,7-8H2,1-3H3,(H,19,20). The molecule has 0 radical (unpaired) electrons. The van der Waals surface area contributed by atoms with Crippen LogP contribution >= 0.6 is 0 Å². The summed E-state index contributed by atoms with van der Waals surface area (Å²) < 4.78 is 37.7. The molecule has 1 aromatic rings. The van der Waals surface area contributed by atoms with Gasteiger partial charge < -0.3 is 5.32 Å². The second-order valence-corrected chi connectivity index (χ2v) is 5.42. The Morgan fingerprint density at radius 2 is 1.85 bits per heavy atom. The Bertz CT molecular complexity index is 455. The maximum absolute atomic E-state index is 12.6. The molecule has 0 aliphatic carbocycles. The van der Waals surface area contributed by atoms with E-state index in [2.05, 4.69) is 19.2 Å². The average Bonchev–Trinajstić information content (AvgIpc) is 2.35. The van der Waals surface area contributed by atoms with Gasteiger partial charge in [0.25, 0.3) is 5.91 Å². The number of amides is 1. The second kappa shape index (κ2) is 6.77. The summed E-state index contributed by atoms with van der Waals surface area (Å²) in [6, 6.07) is 4.42. The monoisotopic (exact) mass is 287 g/mol. The SMILES string of the molecule is CC(C)CCC(C)NC(=O)c1cccc(C(F)(F)F)c1. The van der Waals surface area contributed by atoms with Crippen molar-refractivity contribution in [2.75, 3.05) is 0 Å². The molecule has 1 N–H and O–H groups in total. The summed E-state index contributed by atoms with van der Waals surface area (Å²) in [4.78, 5) is 11.9. The molecule has 5 heteroatoms. The fraction of sp³-hybridized carbons (Fsp3) is 0.533. The van der Waals surface area contributed by atoms with Crippen LogP contribution in [-0.4, -0.2) is 11.9 Å². The minimum absolute atomic E-state index is 0.0382. The first-order valence-corrected chi connectivity index (χ1v) is 6.68. The van der Waals surface area contributed by atoms with Gasteiger partial charge in [0.15, 0.2) is 0 Å². The number of alkyl halides is 3. The lowest BCUT2D eigenvalue weighted by atomic mass is 10.0. The van der Waals surface area contributed by atoms with E-state index in [1.807, 2.05) is 6.92 Å². The van der Waals surface area contributed by atoms with E-state index in [0.717, 1.165) is 25.0 Å². The molecule has 0 heterocycles. The van der Waals surface area contributed by atoms with E-state index in [1.54, 1.807) is 0 Å². The van der Waals surface area contributed by atoms with Gasteiger partial charge in [-0.2, -0.15) is 13.2 Å². The summed E-state index contributed by atoms with van der Waals surface area (Å²) in [7, 11) is 0. The van der Waals surface area contributed by atoms with Gasteiger partial charge in [0, 0.05) is 11.6 Å². The van der Waals surface area contributed by atoms with Gasteiger partial charge in [0.05, 0.1) is 5.56 Å². The van der Waals surface area contributed by atoms with Gasteiger partial charge in [-0.05, 0) is 43.9 Å². The third-order valence-corrected chi connectivity index (χ3v) is 3.01.